The van der Waals surface area contributed by atoms with E-state index in [2.05, 4.69) is 25.9 Å². The second kappa shape index (κ2) is 12.4. The van der Waals surface area contributed by atoms with Gasteiger partial charge in [-0.25, -0.2) is 14.8 Å². The van der Waals surface area contributed by atoms with E-state index in [9.17, 15) is 9.59 Å². The number of hydrogen-bond donors (Lipinski definition) is 3. The van der Waals surface area contributed by atoms with Crippen LogP contribution < -0.4 is 20.7 Å². The molecule has 214 valence electrons. The molecule has 0 aliphatic heterocycles. The molecule has 0 fully saturated rings. The summed E-state index contributed by atoms with van der Waals surface area (Å²) in [5, 5.41) is 10.8. The van der Waals surface area contributed by atoms with Gasteiger partial charge in [-0.3, -0.25) is 4.79 Å². The molecule has 10 heteroatoms. The highest BCUT2D eigenvalue weighted by Crippen LogP contribution is 2.35. The van der Waals surface area contributed by atoms with E-state index in [0.29, 0.717) is 36.0 Å². The molecular weight excluding hydrogens is 546 g/mol. The molecule has 0 saturated carbocycles. The van der Waals surface area contributed by atoms with Crippen molar-refractivity contribution in [2.45, 2.75) is 0 Å². The number of ether oxygens (including phenoxy) is 2. The zero-order chi connectivity index (χ0) is 29.6. The van der Waals surface area contributed by atoms with E-state index >= 15 is 0 Å². The number of anilines is 3. The molecule has 0 unspecified atom stereocenters. The predicted octanol–water partition coefficient (Wildman–Crippen LogP) is 6.77. The van der Waals surface area contributed by atoms with E-state index in [1.807, 2.05) is 60.7 Å². The fourth-order valence-corrected chi connectivity index (χ4v) is 4.58. The van der Waals surface area contributed by atoms with E-state index in [4.69, 9.17) is 13.9 Å². The molecule has 0 atom stereocenters. The van der Waals surface area contributed by atoms with Crippen molar-refractivity contribution in [3.63, 3.8) is 0 Å². The standard InChI is InChI=1S/C33H27N5O5/c1-41-18-17-34-33(40)42-24-15-9-21(10-16-24)32(39)38-23-13-11-22(12-14-23)37-30-19-28(35-20-36-30)27-7-4-6-26-25-5-2-3-8-29(25)43-31(26)27/h2-16,19-20H,17-18H2,1H3,(H,34,40)(H,38,39)(H,35,36,37). The molecule has 2 aromatic heterocycles. The molecule has 0 saturated heterocycles. The van der Waals surface area contributed by atoms with Crippen LogP contribution in [0.25, 0.3) is 33.2 Å². The minimum Gasteiger partial charge on any atom is -0.455 e. The Morgan fingerprint density at radius 3 is 2.42 bits per heavy atom. The number of amides is 2. The lowest BCUT2D eigenvalue weighted by molar-refractivity contribution is 0.102. The zero-order valence-electron chi connectivity index (χ0n) is 23.2. The van der Waals surface area contributed by atoms with Crippen LogP contribution in [0, 0.1) is 0 Å². The largest absolute Gasteiger partial charge is 0.455 e. The Labute approximate surface area is 246 Å². The van der Waals surface area contributed by atoms with Crippen LogP contribution in [0.4, 0.5) is 22.0 Å². The Bertz CT molecular complexity index is 1900. The first-order valence-electron chi connectivity index (χ1n) is 13.5. The average Bonchev–Trinajstić information content (AvgIpc) is 3.42. The number of furan rings is 1. The molecule has 3 N–H and O–H groups in total. The van der Waals surface area contributed by atoms with Gasteiger partial charge in [-0.15, -0.1) is 0 Å². The van der Waals surface area contributed by atoms with E-state index in [1.54, 1.807) is 43.5 Å². The average molecular weight is 574 g/mol. The highest BCUT2D eigenvalue weighted by atomic mass is 16.6. The number of carbonyl (C=O) groups excluding carboxylic acids is 2. The van der Waals surface area contributed by atoms with Gasteiger partial charge in [0.15, 0.2) is 0 Å². The van der Waals surface area contributed by atoms with Crippen LogP contribution in [0.2, 0.25) is 0 Å². The SMILES string of the molecule is COCCNC(=O)Oc1ccc(C(=O)Nc2ccc(Nc3cc(-c4cccc5c4oc4ccccc45)ncn3)cc2)cc1. The van der Waals surface area contributed by atoms with Crippen molar-refractivity contribution in [1.29, 1.82) is 0 Å². The highest BCUT2D eigenvalue weighted by molar-refractivity contribution is 6.09. The van der Waals surface area contributed by atoms with Crippen LogP contribution in [-0.2, 0) is 4.74 Å². The van der Waals surface area contributed by atoms with Crippen molar-refractivity contribution < 1.29 is 23.5 Å². The predicted molar refractivity (Wildman–Crippen MR) is 165 cm³/mol. The molecule has 2 amide bonds. The summed E-state index contributed by atoms with van der Waals surface area (Å²) in [4.78, 5) is 33.4. The van der Waals surface area contributed by atoms with Crippen LogP contribution >= 0.6 is 0 Å². The Morgan fingerprint density at radius 1 is 0.837 bits per heavy atom. The van der Waals surface area contributed by atoms with Gasteiger partial charge < -0.3 is 29.8 Å². The molecule has 6 aromatic rings. The van der Waals surface area contributed by atoms with Crippen LogP contribution in [0.15, 0.2) is 108 Å². The third-order valence-corrected chi connectivity index (χ3v) is 6.67. The van der Waals surface area contributed by atoms with Gasteiger partial charge in [0.1, 0.15) is 29.1 Å². The normalized spacial score (nSPS) is 10.9. The van der Waals surface area contributed by atoms with E-state index in [-0.39, 0.29) is 5.91 Å². The summed E-state index contributed by atoms with van der Waals surface area (Å²) >= 11 is 0. The smallest absolute Gasteiger partial charge is 0.412 e. The quantitative estimate of drug-likeness (QED) is 0.162. The number of hydrogen-bond acceptors (Lipinski definition) is 8. The summed E-state index contributed by atoms with van der Waals surface area (Å²) in [6.07, 6.45) is 0.919. The fraction of sp³-hybridized carbons (Fsp3) is 0.0909. The summed E-state index contributed by atoms with van der Waals surface area (Å²) in [7, 11) is 1.54. The number of nitrogens with zero attached hydrogens (tertiary/aromatic N) is 2. The number of rotatable bonds is 9. The molecular formula is C33H27N5O5. The molecule has 43 heavy (non-hydrogen) atoms. The van der Waals surface area contributed by atoms with Gasteiger partial charge in [-0.1, -0.05) is 30.3 Å². The first-order valence-corrected chi connectivity index (χ1v) is 13.5. The zero-order valence-corrected chi connectivity index (χ0v) is 23.2. The minimum absolute atomic E-state index is 0.294. The van der Waals surface area contributed by atoms with E-state index in [0.717, 1.165) is 38.9 Å². The number of carbonyl (C=O) groups is 2. The fourth-order valence-electron chi connectivity index (χ4n) is 4.58. The van der Waals surface area contributed by atoms with Crippen LogP contribution in [0.3, 0.4) is 0 Å². The Hall–Kier alpha value is -5.74. The van der Waals surface area contributed by atoms with Crippen molar-refractivity contribution in [3.8, 4) is 17.0 Å². The number of para-hydroxylation sites is 2. The Morgan fingerprint density at radius 2 is 1.60 bits per heavy atom. The molecule has 0 spiro atoms. The lowest BCUT2D eigenvalue weighted by Crippen LogP contribution is -2.29. The first-order chi connectivity index (χ1) is 21.1. The first kappa shape index (κ1) is 27.4. The minimum atomic E-state index is -0.593. The Kier molecular flexibility index (Phi) is 7.92. The van der Waals surface area contributed by atoms with Crippen molar-refractivity contribution in [2.75, 3.05) is 30.9 Å². The lowest BCUT2D eigenvalue weighted by atomic mass is 10.1. The van der Waals surface area contributed by atoms with Crippen LogP contribution in [-0.4, -0.2) is 42.2 Å². The number of aromatic nitrogens is 2. The van der Waals surface area contributed by atoms with Crippen molar-refractivity contribution in [3.05, 3.63) is 109 Å². The van der Waals surface area contributed by atoms with E-state index in [1.165, 1.54) is 6.33 Å². The monoisotopic (exact) mass is 573 g/mol. The van der Waals surface area contributed by atoms with Crippen molar-refractivity contribution in [1.82, 2.24) is 15.3 Å². The summed E-state index contributed by atoms with van der Waals surface area (Å²) < 4.78 is 16.2. The summed E-state index contributed by atoms with van der Waals surface area (Å²) in [5.74, 6) is 0.644. The third kappa shape index (κ3) is 6.29. The third-order valence-electron chi connectivity index (χ3n) is 6.67. The molecule has 0 bridgehead atoms. The van der Waals surface area contributed by atoms with Crippen LogP contribution in [0.1, 0.15) is 10.4 Å². The van der Waals surface area contributed by atoms with Gasteiger partial charge in [-0.05, 0) is 60.7 Å². The Balaban J connectivity index is 1.09. The highest BCUT2D eigenvalue weighted by Gasteiger charge is 2.14. The summed E-state index contributed by atoms with van der Waals surface area (Å²) in [6.45, 7) is 0.721. The number of benzene rings is 4. The second-order valence-corrected chi connectivity index (χ2v) is 9.56. The maximum atomic E-state index is 12.7. The van der Waals surface area contributed by atoms with Crippen LogP contribution in [0.5, 0.6) is 5.75 Å². The summed E-state index contributed by atoms with van der Waals surface area (Å²) in [5.41, 5.74) is 5.04. The molecule has 0 aliphatic carbocycles. The maximum Gasteiger partial charge on any atom is 0.412 e. The van der Waals surface area contributed by atoms with Gasteiger partial charge >= 0.3 is 6.09 Å². The van der Waals surface area contributed by atoms with Gasteiger partial charge in [0.25, 0.3) is 5.91 Å². The van der Waals surface area contributed by atoms with E-state index < -0.39 is 6.09 Å². The number of nitrogens with one attached hydrogen (secondary N) is 3. The maximum absolute atomic E-state index is 12.7. The molecule has 6 rings (SSSR count). The molecule has 0 radical (unpaired) electrons. The van der Waals surface area contributed by atoms with Gasteiger partial charge in [-0.2, -0.15) is 0 Å². The number of methoxy groups -OCH3 is 1. The number of fused-ring (bicyclic) bond motifs is 3. The molecule has 2 heterocycles. The topological polar surface area (TPSA) is 128 Å². The lowest BCUT2D eigenvalue weighted by Gasteiger charge is -2.10. The molecule has 4 aromatic carbocycles. The molecule has 10 nitrogen and oxygen atoms in total. The van der Waals surface area contributed by atoms with Crippen molar-refractivity contribution >= 4 is 51.1 Å². The van der Waals surface area contributed by atoms with Gasteiger partial charge in [0, 0.05) is 53.0 Å². The second-order valence-electron chi connectivity index (χ2n) is 9.56. The summed E-state index contributed by atoms with van der Waals surface area (Å²) in [6, 6.07) is 29.4. The van der Waals surface area contributed by atoms with Gasteiger partial charge in [0.05, 0.1) is 12.3 Å². The van der Waals surface area contributed by atoms with Crippen molar-refractivity contribution in [2.24, 2.45) is 0 Å². The van der Waals surface area contributed by atoms with Gasteiger partial charge in [0.2, 0.25) is 0 Å². The molecule has 0 aliphatic rings.